The average molecular weight is 359 g/mol. The molecular formula is C20H26N2O2S. The van der Waals surface area contributed by atoms with Gasteiger partial charge in [0.2, 0.25) is 0 Å². The Balaban J connectivity index is 1.34. The first-order valence-corrected chi connectivity index (χ1v) is 9.95. The maximum absolute atomic E-state index is 6.31. The number of hydrogen-bond acceptors (Lipinski definition) is 5. The predicted molar refractivity (Wildman–Crippen MR) is 102 cm³/mol. The lowest BCUT2D eigenvalue weighted by molar-refractivity contribution is -0.0561. The highest BCUT2D eigenvalue weighted by molar-refractivity contribution is 7.09. The number of rotatable bonds is 5. The Morgan fingerprint density at radius 2 is 2.12 bits per heavy atom. The minimum absolute atomic E-state index is 0.142. The van der Waals surface area contributed by atoms with Crippen molar-refractivity contribution in [3.05, 3.63) is 52.7 Å². The van der Waals surface area contributed by atoms with Gasteiger partial charge in [-0.3, -0.25) is 4.90 Å². The van der Waals surface area contributed by atoms with Gasteiger partial charge in [0.1, 0.15) is 5.60 Å². The van der Waals surface area contributed by atoms with Crippen LogP contribution < -0.4 is 5.32 Å². The van der Waals surface area contributed by atoms with E-state index in [1.807, 2.05) is 17.4 Å². The molecule has 1 aromatic carbocycles. The number of nitrogens with zero attached hydrogens (tertiary/aromatic N) is 1. The molecule has 5 heteroatoms. The molecule has 134 valence electrons. The molecule has 0 amide bonds. The Morgan fingerprint density at radius 3 is 2.96 bits per heavy atom. The van der Waals surface area contributed by atoms with Crippen molar-refractivity contribution in [2.24, 2.45) is 5.92 Å². The van der Waals surface area contributed by atoms with Crippen LogP contribution in [0.2, 0.25) is 0 Å². The summed E-state index contributed by atoms with van der Waals surface area (Å²) in [5, 5.41) is 5.69. The second-order valence-corrected chi connectivity index (χ2v) is 8.19. The van der Waals surface area contributed by atoms with Crippen LogP contribution in [0, 0.1) is 5.92 Å². The van der Waals surface area contributed by atoms with Crippen molar-refractivity contribution in [1.29, 1.82) is 0 Å². The van der Waals surface area contributed by atoms with Gasteiger partial charge in [-0.1, -0.05) is 24.3 Å². The molecule has 0 unspecified atom stereocenters. The predicted octanol–water partition coefficient (Wildman–Crippen LogP) is 3.47. The fourth-order valence-electron chi connectivity index (χ4n) is 3.84. The summed E-state index contributed by atoms with van der Waals surface area (Å²) in [5.41, 5.74) is 1.04. The van der Waals surface area contributed by atoms with Gasteiger partial charge < -0.3 is 14.8 Å². The van der Waals surface area contributed by atoms with Gasteiger partial charge in [0.25, 0.3) is 0 Å². The Kier molecular flexibility index (Phi) is 5.36. The number of thiophene rings is 1. The van der Waals surface area contributed by atoms with Crippen LogP contribution in [0.4, 0.5) is 5.69 Å². The molecule has 3 heterocycles. The molecule has 2 aliphatic heterocycles. The fraction of sp³-hybridized carbons (Fsp3) is 0.500. The highest BCUT2D eigenvalue weighted by Gasteiger charge is 2.43. The largest absolute Gasteiger partial charge is 0.385 e. The molecule has 0 aliphatic carbocycles. The first-order chi connectivity index (χ1) is 12.3. The summed E-state index contributed by atoms with van der Waals surface area (Å²) in [4.78, 5) is 3.91. The molecule has 1 N–H and O–H groups in total. The van der Waals surface area contributed by atoms with Gasteiger partial charge in [-0.25, -0.2) is 0 Å². The van der Waals surface area contributed by atoms with E-state index in [2.05, 4.69) is 52.0 Å². The zero-order valence-electron chi connectivity index (χ0n) is 14.5. The van der Waals surface area contributed by atoms with Crippen LogP contribution in [0.3, 0.4) is 0 Å². The Hall–Kier alpha value is -1.40. The molecule has 4 rings (SSSR count). The third kappa shape index (κ3) is 4.42. The Morgan fingerprint density at radius 1 is 1.20 bits per heavy atom. The quantitative estimate of drug-likeness (QED) is 0.887. The van der Waals surface area contributed by atoms with Crippen molar-refractivity contribution < 1.29 is 9.47 Å². The van der Waals surface area contributed by atoms with Crippen LogP contribution >= 0.6 is 11.3 Å². The normalized spacial score (nSPS) is 27.4. The van der Waals surface area contributed by atoms with Gasteiger partial charge in [0, 0.05) is 42.7 Å². The monoisotopic (exact) mass is 358 g/mol. The second kappa shape index (κ2) is 7.87. The van der Waals surface area contributed by atoms with Crippen LogP contribution in [0.25, 0.3) is 0 Å². The molecule has 2 saturated heterocycles. The van der Waals surface area contributed by atoms with Crippen molar-refractivity contribution in [3.8, 4) is 0 Å². The van der Waals surface area contributed by atoms with Crippen LogP contribution in [0.15, 0.2) is 47.8 Å². The minimum Gasteiger partial charge on any atom is -0.385 e. The highest BCUT2D eigenvalue weighted by Crippen LogP contribution is 2.33. The summed E-state index contributed by atoms with van der Waals surface area (Å²) in [6, 6.07) is 14.7. The lowest BCUT2D eigenvalue weighted by atomic mass is 9.94. The molecule has 1 spiro atoms. The summed E-state index contributed by atoms with van der Waals surface area (Å²) >= 11 is 1.83. The third-order valence-electron chi connectivity index (χ3n) is 5.04. The van der Waals surface area contributed by atoms with E-state index in [0.29, 0.717) is 5.92 Å². The van der Waals surface area contributed by atoms with Gasteiger partial charge in [-0.2, -0.15) is 0 Å². The van der Waals surface area contributed by atoms with E-state index in [0.717, 1.165) is 52.4 Å². The van der Waals surface area contributed by atoms with Crippen molar-refractivity contribution in [2.45, 2.75) is 18.6 Å². The Labute approximate surface area is 153 Å². The molecule has 1 aromatic heterocycles. The van der Waals surface area contributed by atoms with E-state index in [1.54, 1.807) is 0 Å². The molecule has 2 fully saturated rings. The van der Waals surface area contributed by atoms with E-state index >= 15 is 0 Å². The van der Waals surface area contributed by atoms with E-state index in [4.69, 9.17) is 9.47 Å². The number of nitrogens with one attached hydrogen (secondary N) is 1. The Bertz CT molecular complexity index is 649. The van der Waals surface area contributed by atoms with E-state index in [-0.39, 0.29) is 5.60 Å². The smallest absolute Gasteiger partial charge is 0.104 e. The molecule has 2 aromatic rings. The molecule has 25 heavy (non-hydrogen) atoms. The number of hydrogen-bond donors (Lipinski definition) is 1. The summed E-state index contributed by atoms with van der Waals surface area (Å²) in [5.74, 6) is 0.533. The van der Waals surface area contributed by atoms with Crippen LogP contribution in [-0.2, 0) is 16.0 Å². The molecule has 0 radical (unpaired) electrons. The van der Waals surface area contributed by atoms with Gasteiger partial charge in [-0.05, 0) is 30.0 Å². The van der Waals surface area contributed by atoms with Gasteiger partial charge in [0.05, 0.1) is 19.8 Å². The number of ether oxygens (including phenoxy) is 2. The van der Waals surface area contributed by atoms with E-state index in [1.165, 1.54) is 10.6 Å². The van der Waals surface area contributed by atoms with Gasteiger partial charge in [-0.15, -0.1) is 11.3 Å². The number of anilines is 1. The van der Waals surface area contributed by atoms with Crippen molar-refractivity contribution in [2.75, 3.05) is 44.8 Å². The maximum Gasteiger partial charge on any atom is 0.104 e. The zero-order valence-corrected chi connectivity index (χ0v) is 15.3. The average Bonchev–Trinajstić information content (AvgIpc) is 3.23. The third-order valence-corrected chi connectivity index (χ3v) is 5.90. The fourth-order valence-corrected chi connectivity index (χ4v) is 4.59. The van der Waals surface area contributed by atoms with Crippen LogP contribution in [0.5, 0.6) is 0 Å². The summed E-state index contributed by atoms with van der Waals surface area (Å²) in [7, 11) is 0. The first-order valence-electron chi connectivity index (χ1n) is 9.07. The molecule has 2 aliphatic rings. The molecule has 4 nitrogen and oxygen atoms in total. The topological polar surface area (TPSA) is 33.7 Å². The summed E-state index contributed by atoms with van der Waals surface area (Å²) in [6.45, 7) is 6.23. The van der Waals surface area contributed by atoms with Crippen LogP contribution in [0.1, 0.15) is 11.3 Å². The van der Waals surface area contributed by atoms with Crippen molar-refractivity contribution in [3.63, 3.8) is 0 Å². The summed E-state index contributed by atoms with van der Waals surface area (Å²) < 4.78 is 12.2. The minimum atomic E-state index is -0.142. The van der Waals surface area contributed by atoms with E-state index < -0.39 is 0 Å². The lowest BCUT2D eigenvalue weighted by Gasteiger charge is -2.31. The van der Waals surface area contributed by atoms with Crippen molar-refractivity contribution in [1.82, 2.24) is 4.90 Å². The standard InChI is InChI=1S/C20H26N2O2S/c1-2-5-18(6-3-1)21-12-17-11-20(24-14-17)15-22(8-9-23-16-20)13-19-7-4-10-25-19/h1-7,10,17,21H,8-9,11-16H2/t17-,20-/m1/s1. The summed E-state index contributed by atoms with van der Waals surface area (Å²) in [6.07, 6.45) is 1.06. The van der Waals surface area contributed by atoms with Gasteiger partial charge >= 0.3 is 0 Å². The van der Waals surface area contributed by atoms with Crippen molar-refractivity contribution >= 4 is 17.0 Å². The number of benzene rings is 1. The molecule has 0 saturated carbocycles. The molecule has 2 atom stereocenters. The molecule has 0 bridgehead atoms. The molecular weight excluding hydrogens is 332 g/mol. The van der Waals surface area contributed by atoms with Crippen LogP contribution in [-0.4, -0.2) is 50.0 Å². The van der Waals surface area contributed by atoms with E-state index in [9.17, 15) is 0 Å². The second-order valence-electron chi connectivity index (χ2n) is 7.15. The highest BCUT2D eigenvalue weighted by atomic mass is 32.1. The lowest BCUT2D eigenvalue weighted by Crippen LogP contribution is -2.43. The SMILES string of the molecule is c1ccc(NC[C@@H]2CO[C@]3(COCCN(Cc4cccs4)C3)C2)cc1. The zero-order chi connectivity index (χ0) is 17.0. The number of para-hydroxylation sites is 1. The maximum atomic E-state index is 6.31. The van der Waals surface area contributed by atoms with Gasteiger partial charge in [0.15, 0.2) is 0 Å². The first kappa shape index (κ1) is 17.0.